The summed E-state index contributed by atoms with van der Waals surface area (Å²) in [7, 11) is 1.57. The minimum absolute atomic E-state index is 0.361. The average Bonchev–Trinajstić information content (AvgIpc) is 3.42. The maximum atomic E-state index is 12.1. The zero-order valence-electron chi connectivity index (χ0n) is 22.1. The van der Waals surface area contributed by atoms with E-state index in [9.17, 15) is 9.90 Å². The molecule has 13 heteroatoms. The predicted octanol–water partition coefficient (Wildman–Crippen LogP) is 3.72. The molecule has 0 saturated carbocycles. The molecule has 204 valence electrons. The largest absolute Gasteiger partial charge is 0.496 e. The highest BCUT2D eigenvalue weighted by molar-refractivity contribution is 5.92. The summed E-state index contributed by atoms with van der Waals surface area (Å²) in [4.78, 5) is 26.8. The van der Waals surface area contributed by atoms with Gasteiger partial charge in [-0.1, -0.05) is 0 Å². The summed E-state index contributed by atoms with van der Waals surface area (Å²) in [5.41, 5.74) is 2.85. The number of nitrogens with one attached hydrogen (secondary N) is 2. The molecule has 0 bridgehead atoms. The predicted molar refractivity (Wildman–Crippen MR) is 146 cm³/mol. The molecule has 4 heterocycles. The Morgan fingerprint density at radius 3 is 2.80 bits per heavy atom. The third-order valence-corrected chi connectivity index (χ3v) is 7.16. The van der Waals surface area contributed by atoms with E-state index >= 15 is 0 Å². The third kappa shape index (κ3) is 4.45. The SMILES string of the molecule is COc1cc2ncnc(Nc3ccc(Oc4cc5nncn5cn4)c(C)c3)c2cc1[C@]1(C)CNCCN1C(=O)O. The topological polar surface area (TPSA) is 152 Å². The van der Waals surface area contributed by atoms with Crippen molar-refractivity contribution in [2.75, 3.05) is 32.1 Å². The van der Waals surface area contributed by atoms with Crippen LogP contribution >= 0.6 is 0 Å². The molecule has 2 aromatic carbocycles. The van der Waals surface area contributed by atoms with Gasteiger partial charge in [0.2, 0.25) is 5.88 Å². The van der Waals surface area contributed by atoms with Gasteiger partial charge in [0.1, 0.15) is 36.3 Å². The van der Waals surface area contributed by atoms with Crippen LogP contribution in [0.1, 0.15) is 18.1 Å². The minimum atomic E-state index is -0.983. The Balaban J connectivity index is 1.33. The Bertz CT molecular complexity index is 1740. The van der Waals surface area contributed by atoms with Gasteiger partial charge in [0.25, 0.3) is 0 Å². The molecule has 6 rings (SSSR count). The molecule has 1 amide bonds. The van der Waals surface area contributed by atoms with Gasteiger partial charge in [-0.3, -0.25) is 9.30 Å². The number of aryl methyl sites for hydroxylation is 1. The fraction of sp³-hybridized carbons (Fsp3) is 0.259. The summed E-state index contributed by atoms with van der Waals surface area (Å²) >= 11 is 0. The van der Waals surface area contributed by atoms with Crippen molar-refractivity contribution in [2.24, 2.45) is 0 Å². The first-order chi connectivity index (χ1) is 19.4. The van der Waals surface area contributed by atoms with E-state index in [4.69, 9.17) is 9.47 Å². The van der Waals surface area contributed by atoms with E-state index in [1.165, 1.54) is 11.2 Å². The number of fused-ring (bicyclic) bond motifs is 2. The number of amides is 1. The molecule has 1 saturated heterocycles. The van der Waals surface area contributed by atoms with Crippen LogP contribution in [-0.4, -0.2) is 72.4 Å². The van der Waals surface area contributed by atoms with Gasteiger partial charge in [0.15, 0.2) is 5.65 Å². The van der Waals surface area contributed by atoms with Crippen molar-refractivity contribution in [3.05, 3.63) is 66.5 Å². The van der Waals surface area contributed by atoms with Crippen LogP contribution in [0.4, 0.5) is 16.3 Å². The van der Waals surface area contributed by atoms with E-state index in [0.29, 0.717) is 54.0 Å². The Morgan fingerprint density at radius 2 is 2.00 bits per heavy atom. The molecule has 5 aromatic rings. The number of hydrogen-bond donors (Lipinski definition) is 3. The Hall–Kier alpha value is -5.04. The van der Waals surface area contributed by atoms with E-state index in [1.54, 1.807) is 30.2 Å². The number of methoxy groups -OCH3 is 1. The van der Waals surface area contributed by atoms with E-state index in [0.717, 1.165) is 22.2 Å². The van der Waals surface area contributed by atoms with E-state index in [-0.39, 0.29) is 0 Å². The second kappa shape index (κ2) is 9.93. The molecule has 3 aromatic heterocycles. The Labute approximate surface area is 228 Å². The van der Waals surface area contributed by atoms with E-state index in [2.05, 4.69) is 35.8 Å². The molecule has 1 atom stereocenters. The number of nitrogens with zero attached hydrogens (tertiary/aromatic N) is 7. The summed E-state index contributed by atoms with van der Waals surface area (Å²) in [6.07, 6.45) is 3.66. The Kier molecular flexibility index (Phi) is 6.27. The minimum Gasteiger partial charge on any atom is -0.496 e. The zero-order valence-corrected chi connectivity index (χ0v) is 22.1. The summed E-state index contributed by atoms with van der Waals surface area (Å²) in [5, 5.41) is 25.3. The molecular weight excluding hydrogens is 514 g/mol. The standard InChI is InChI=1S/C27H27N9O4/c1-16-8-17(4-5-21(16)40-24-11-23-34-32-15-35(23)14-31-24)33-25-18-9-19(22(39-3)10-20(18)29-13-30-25)27(2)12-28-6-7-36(27)26(37)38/h4-5,8-11,13-15,28H,6-7,12H2,1-3H3,(H,37,38)(H,29,30,33)/t27-/m0/s1. The first-order valence-corrected chi connectivity index (χ1v) is 12.6. The molecule has 40 heavy (non-hydrogen) atoms. The highest BCUT2D eigenvalue weighted by atomic mass is 16.5. The molecular formula is C27H27N9O4. The lowest BCUT2D eigenvalue weighted by atomic mass is 9.86. The van der Waals surface area contributed by atoms with Gasteiger partial charge in [-0.2, -0.15) is 0 Å². The van der Waals surface area contributed by atoms with Crippen molar-refractivity contribution < 1.29 is 19.4 Å². The second-order valence-corrected chi connectivity index (χ2v) is 9.71. The molecule has 0 aliphatic carbocycles. The number of carboxylic acid groups (broad SMARTS) is 1. The van der Waals surface area contributed by atoms with Crippen molar-refractivity contribution >= 4 is 34.1 Å². The van der Waals surface area contributed by atoms with Crippen LogP contribution in [0.3, 0.4) is 0 Å². The lowest BCUT2D eigenvalue weighted by molar-refractivity contribution is 0.0639. The normalized spacial score (nSPS) is 17.2. The monoisotopic (exact) mass is 541 g/mol. The first-order valence-electron chi connectivity index (χ1n) is 12.6. The van der Waals surface area contributed by atoms with Crippen LogP contribution in [0.15, 0.2) is 55.4 Å². The van der Waals surface area contributed by atoms with Crippen LogP contribution in [-0.2, 0) is 5.54 Å². The van der Waals surface area contributed by atoms with Crippen LogP contribution < -0.4 is 20.1 Å². The summed E-state index contributed by atoms with van der Waals surface area (Å²) in [6, 6.07) is 11.1. The van der Waals surface area contributed by atoms with Crippen molar-refractivity contribution in [1.82, 2.24) is 39.8 Å². The van der Waals surface area contributed by atoms with Crippen molar-refractivity contribution in [1.29, 1.82) is 0 Å². The quantitative estimate of drug-likeness (QED) is 0.288. The molecule has 1 fully saturated rings. The van der Waals surface area contributed by atoms with Crippen molar-refractivity contribution in [3.63, 3.8) is 0 Å². The molecule has 0 unspecified atom stereocenters. The fourth-order valence-corrected chi connectivity index (χ4v) is 5.04. The zero-order chi connectivity index (χ0) is 27.9. The highest BCUT2D eigenvalue weighted by Crippen LogP contribution is 2.40. The molecule has 13 nitrogen and oxygen atoms in total. The molecule has 1 aliphatic heterocycles. The number of piperazine rings is 1. The van der Waals surface area contributed by atoms with Gasteiger partial charge in [-0.15, -0.1) is 10.2 Å². The van der Waals surface area contributed by atoms with Gasteiger partial charge in [0.05, 0.1) is 18.2 Å². The van der Waals surface area contributed by atoms with E-state index in [1.807, 2.05) is 44.2 Å². The second-order valence-electron chi connectivity index (χ2n) is 9.71. The van der Waals surface area contributed by atoms with Gasteiger partial charge in [0, 0.05) is 48.4 Å². The van der Waals surface area contributed by atoms with Gasteiger partial charge in [-0.05, 0) is 43.7 Å². The molecule has 0 spiro atoms. The number of ether oxygens (including phenoxy) is 2. The number of aromatic nitrogens is 6. The lowest BCUT2D eigenvalue weighted by Crippen LogP contribution is -2.59. The maximum Gasteiger partial charge on any atom is 0.408 e. The number of carbonyl (C=O) groups is 1. The van der Waals surface area contributed by atoms with E-state index < -0.39 is 11.6 Å². The number of benzene rings is 2. The summed E-state index contributed by atoms with van der Waals surface area (Å²) in [5.74, 6) is 2.20. The fourth-order valence-electron chi connectivity index (χ4n) is 5.04. The number of hydrogen-bond acceptors (Lipinski definition) is 10. The molecule has 0 radical (unpaired) electrons. The third-order valence-electron chi connectivity index (χ3n) is 7.16. The van der Waals surface area contributed by atoms with Gasteiger partial charge >= 0.3 is 6.09 Å². The van der Waals surface area contributed by atoms with Crippen LogP contribution in [0.2, 0.25) is 0 Å². The van der Waals surface area contributed by atoms with Crippen LogP contribution in [0.5, 0.6) is 17.4 Å². The van der Waals surface area contributed by atoms with Crippen LogP contribution in [0.25, 0.3) is 16.6 Å². The summed E-state index contributed by atoms with van der Waals surface area (Å²) < 4.78 is 13.4. The molecule has 1 aliphatic rings. The van der Waals surface area contributed by atoms with Crippen molar-refractivity contribution in [3.8, 4) is 17.4 Å². The number of anilines is 2. The van der Waals surface area contributed by atoms with Gasteiger partial charge < -0.3 is 25.2 Å². The smallest absolute Gasteiger partial charge is 0.408 e. The molecule has 3 N–H and O–H groups in total. The number of rotatable bonds is 6. The maximum absolute atomic E-state index is 12.1. The lowest BCUT2D eigenvalue weighted by Gasteiger charge is -2.44. The van der Waals surface area contributed by atoms with Gasteiger partial charge in [-0.25, -0.2) is 19.7 Å². The van der Waals surface area contributed by atoms with Crippen molar-refractivity contribution in [2.45, 2.75) is 19.4 Å². The Morgan fingerprint density at radius 1 is 1.12 bits per heavy atom. The summed E-state index contributed by atoms with van der Waals surface area (Å²) in [6.45, 7) is 5.22. The highest BCUT2D eigenvalue weighted by Gasteiger charge is 2.41. The average molecular weight is 542 g/mol. The first kappa shape index (κ1) is 25.2. The van der Waals surface area contributed by atoms with Crippen LogP contribution in [0, 0.1) is 6.92 Å².